The van der Waals surface area contributed by atoms with Crippen LogP contribution in [0.5, 0.6) is 0 Å². The van der Waals surface area contributed by atoms with E-state index < -0.39 is 0 Å². The molecule has 0 saturated heterocycles. The molecular weight excluding hydrogens is 154 g/mol. The van der Waals surface area contributed by atoms with E-state index in [1.165, 1.54) is 0 Å². The summed E-state index contributed by atoms with van der Waals surface area (Å²) in [7, 11) is 1.90. The van der Waals surface area contributed by atoms with Gasteiger partial charge in [-0.1, -0.05) is 0 Å². The molecular formula is C8H9N3O. The minimum absolute atomic E-state index is 0.618. The third kappa shape index (κ3) is 1.01. The highest BCUT2D eigenvalue weighted by molar-refractivity contribution is 5.45. The number of aryl methyl sites for hydroxylation is 2. The van der Waals surface area contributed by atoms with Crippen molar-refractivity contribution in [3.05, 3.63) is 24.5 Å². The number of imidazole rings is 1. The smallest absolute Gasteiger partial charge is 0.244 e. The summed E-state index contributed by atoms with van der Waals surface area (Å²) in [6.07, 6.45) is 5.14. The second-order valence-corrected chi connectivity index (χ2v) is 2.67. The minimum Gasteiger partial charge on any atom is -0.440 e. The van der Waals surface area contributed by atoms with E-state index in [2.05, 4.69) is 9.97 Å². The van der Waals surface area contributed by atoms with Crippen LogP contribution in [0.4, 0.5) is 0 Å². The summed E-state index contributed by atoms with van der Waals surface area (Å²) in [4.78, 5) is 8.06. The SMILES string of the molecule is Cc1cnc(-c2cncn2C)o1. The molecule has 0 atom stereocenters. The third-order valence-corrected chi connectivity index (χ3v) is 1.66. The quantitative estimate of drug-likeness (QED) is 0.638. The molecule has 0 fully saturated rings. The van der Waals surface area contributed by atoms with Crippen molar-refractivity contribution in [2.24, 2.45) is 7.05 Å². The fourth-order valence-corrected chi connectivity index (χ4v) is 1.04. The maximum absolute atomic E-state index is 5.34. The van der Waals surface area contributed by atoms with Gasteiger partial charge in [0.2, 0.25) is 5.89 Å². The zero-order valence-electron chi connectivity index (χ0n) is 6.98. The molecule has 2 aromatic rings. The van der Waals surface area contributed by atoms with Gasteiger partial charge >= 0.3 is 0 Å². The lowest BCUT2D eigenvalue weighted by molar-refractivity contribution is 0.537. The van der Waals surface area contributed by atoms with Gasteiger partial charge in [-0.2, -0.15) is 0 Å². The first-order valence-corrected chi connectivity index (χ1v) is 3.66. The molecule has 62 valence electrons. The number of hydrogen-bond donors (Lipinski definition) is 0. The summed E-state index contributed by atoms with van der Waals surface area (Å²) >= 11 is 0. The fourth-order valence-electron chi connectivity index (χ4n) is 1.04. The average Bonchev–Trinajstić information content (AvgIpc) is 2.58. The molecule has 0 N–H and O–H groups in total. The van der Waals surface area contributed by atoms with E-state index >= 15 is 0 Å². The standard InChI is InChI=1S/C8H9N3O/c1-6-3-10-8(12-6)7-4-9-5-11(7)2/h3-5H,1-2H3. The molecule has 4 heteroatoms. The lowest BCUT2D eigenvalue weighted by atomic mass is 10.5. The van der Waals surface area contributed by atoms with Crippen LogP contribution in [0.15, 0.2) is 23.1 Å². The summed E-state index contributed by atoms with van der Waals surface area (Å²) in [6.45, 7) is 1.87. The van der Waals surface area contributed by atoms with Crippen LogP contribution in [-0.2, 0) is 7.05 Å². The highest BCUT2D eigenvalue weighted by Gasteiger charge is 2.07. The Morgan fingerprint density at radius 2 is 2.25 bits per heavy atom. The molecule has 2 aromatic heterocycles. The maximum Gasteiger partial charge on any atom is 0.244 e. The van der Waals surface area contributed by atoms with E-state index in [9.17, 15) is 0 Å². The topological polar surface area (TPSA) is 43.9 Å². The summed E-state index contributed by atoms with van der Waals surface area (Å²) in [5.41, 5.74) is 0.892. The molecule has 0 aromatic carbocycles. The molecule has 0 aliphatic carbocycles. The first kappa shape index (κ1) is 7.09. The van der Waals surface area contributed by atoms with Gasteiger partial charge in [0.05, 0.1) is 18.7 Å². The van der Waals surface area contributed by atoms with Crippen LogP contribution in [0.25, 0.3) is 11.6 Å². The summed E-state index contributed by atoms with van der Waals surface area (Å²) in [5, 5.41) is 0. The van der Waals surface area contributed by atoms with Crippen molar-refractivity contribution in [3.63, 3.8) is 0 Å². The lowest BCUT2D eigenvalue weighted by Gasteiger charge is -1.94. The second-order valence-electron chi connectivity index (χ2n) is 2.67. The minimum atomic E-state index is 0.618. The summed E-state index contributed by atoms with van der Waals surface area (Å²) in [6, 6.07) is 0. The Balaban J connectivity index is 2.50. The van der Waals surface area contributed by atoms with Crippen molar-refractivity contribution in [1.29, 1.82) is 0 Å². The molecule has 0 radical (unpaired) electrons. The van der Waals surface area contributed by atoms with E-state index in [0.717, 1.165) is 11.5 Å². The average molecular weight is 163 g/mol. The number of rotatable bonds is 1. The van der Waals surface area contributed by atoms with Crippen molar-refractivity contribution in [3.8, 4) is 11.6 Å². The van der Waals surface area contributed by atoms with Gasteiger partial charge < -0.3 is 8.98 Å². The van der Waals surface area contributed by atoms with E-state index in [4.69, 9.17) is 4.42 Å². The molecule has 0 saturated carbocycles. The number of nitrogens with zero attached hydrogens (tertiary/aromatic N) is 3. The number of aromatic nitrogens is 3. The van der Waals surface area contributed by atoms with Crippen molar-refractivity contribution in [2.75, 3.05) is 0 Å². The van der Waals surface area contributed by atoms with Crippen LogP contribution in [0.2, 0.25) is 0 Å². The summed E-state index contributed by atoms with van der Waals surface area (Å²) in [5.74, 6) is 1.43. The number of oxazole rings is 1. The van der Waals surface area contributed by atoms with Crippen molar-refractivity contribution in [2.45, 2.75) is 6.92 Å². The predicted octanol–water partition coefficient (Wildman–Crippen LogP) is 1.38. The van der Waals surface area contributed by atoms with E-state index in [1.807, 2.05) is 18.5 Å². The highest BCUT2D eigenvalue weighted by atomic mass is 16.4. The van der Waals surface area contributed by atoms with Gasteiger partial charge in [-0.3, -0.25) is 0 Å². The van der Waals surface area contributed by atoms with Gasteiger partial charge in [0.1, 0.15) is 11.5 Å². The zero-order chi connectivity index (χ0) is 8.55. The molecule has 2 heterocycles. The molecule has 0 bridgehead atoms. The highest BCUT2D eigenvalue weighted by Crippen LogP contribution is 2.16. The molecule has 4 nitrogen and oxygen atoms in total. The monoisotopic (exact) mass is 163 g/mol. The third-order valence-electron chi connectivity index (χ3n) is 1.66. The van der Waals surface area contributed by atoms with Crippen LogP contribution in [0.1, 0.15) is 5.76 Å². The molecule has 12 heavy (non-hydrogen) atoms. The summed E-state index contributed by atoms with van der Waals surface area (Å²) < 4.78 is 7.20. The predicted molar refractivity (Wildman–Crippen MR) is 43.4 cm³/mol. The van der Waals surface area contributed by atoms with E-state index in [1.54, 1.807) is 18.7 Å². The van der Waals surface area contributed by atoms with Crippen LogP contribution in [0, 0.1) is 6.92 Å². The van der Waals surface area contributed by atoms with E-state index in [-0.39, 0.29) is 0 Å². The Bertz CT molecular complexity index is 388. The van der Waals surface area contributed by atoms with Gasteiger partial charge in [0.15, 0.2) is 0 Å². The lowest BCUT2D eigenvalue weighted by Crippen LogP contribution is -1.88. The Labute approximate surface area is 69.9 Å². The normalized spacial score (nSPS) is 10.5. The van der Waals surface area contributed by atoms with Gasteiger partial charge in [0.25, 0.3) is 0 Å². The van der Waals surface area contributed by atoms with Crippen LogP contribution in [-0.4, -0.2) is 14.5 Å². The van der Waals surface area contributed by atoms with Crippen LogP contribution >= 0.6 is 0 Å². The van der Waals surface area contributed by atoms with Gasteiger partial charge in [0, 0.05) is 7.05 Å². The Morgan fingerprint density at radius 3 is 2.75 bits per heavy atom. The first-order valence-electron chi connectivity index (χ1n) is 3.66. The fraction of sp³-hybridized carbons (Fsp3) is 0.250. The second kappa shape index (κ2) is 2.48. The van der Waals surface area contributed by atoms with Gasteiger partial charge in [-0.15, -0.1) is 0 Å². The Hall–Kier alpha value is -1.58. The van der Waals surface area contributed by atoms with Gasteiger partial charge in [-0.05, 0) is 6.92 Å². The molecule has 0 aliphatic rings. The molecule has 0 amide bonds. The Kier molecular flexibility index (Phi) is 1.46. The maximum atomic E-state index is 5.34. The van der Waals surface area contributed by atoms with Crippen molar-refractivity contribution < 1.29 is 4.42 Å². The van der Waals surface area contributed by atoms with E-state index in [0.29, 0.717) is 5.89 Å². The van der Waals surface area contributed by atoms with Crippen molar-refractivity contribution >= 4 is 0 Å². The molecule has 0 aliphatic heterocycles. The Morgan fingerprint density at radius 1 is 1.42 bits per heavy atom. The zero-order valence-corrected chi connectivity index (χ0v) is 6.98. The van der Waals surface area contributed by atoms with Crippen LogP contribution in [0.3, 0.4) is 0 Å². The van der Waals surface area contributed by atoms with Gasteiger partial charge in [-0.25, -0.2) is 9.97 Å². The largest absolute Gasteiger partial charge is 0.440 e. The number of hydrogen-bond acceptors (Lipinski definition) is 3. The van der Waals surface area contributed by atoms with Crippen molar-refractivity contribution in [1.82, 2.24) is 14.5 Å². The molecule has 0 unspecified atom stereocenters. The molecule has 2 rings (SSSR count). The van der Waals surface area contributed by atoms with Crippen LogP contribution < -0.4 is 0 Å². The first-order chi connectivity index (χ1) is 5.77. The molecule has 0 spiro atoms.